The van der Waals surface area contributed by atoms with Gasteiger partial charge in [-0.25, -0.2) is 0 Å². The molecule has 2 fully saturated rings. The first kappa shape index (κ1) is 12.4. The average Bonchev–Trinajstić information content (AvgIpc) is 2.99. The molecular formula is C14H28N2. The Labute approximate surface area is 101 Å². The molecule has 0 spiro atoms. The predicted octanol–water partition coefficient (Wildman–Crippen LogP) is 2.55. The Bertz CT molecular complexity index is 215. The second-order valence-electron chi connectivity index (χ2n) is 6.44. The van der Waals surface area contributed by atoms with Gasteiger partial charge in [0.25, 0.3) is 0 Å². The van der Waals surface area contributed by atoms with Crippen molar-refractivity contribution in [3.63, 3.8) is 0 Å². The molecule has 0 aromatic rings. The minimum atomic E-state index is 0.501. The van der Waals surface area contributed by atoms with Crippen LogP contribution in [0.2, 0.25) is 0 Å². The highest BCUT2D eigenvalue weighted by molar-refractivity contribution is 4.95. The standard InChI is InChI=1S/C14H28N2/c1-3-5-14(7-8-14)12-16-11-13(2)6-4-9-15-10-13/h15-16H,3-12H2,1-2H3. The average molecular weight is 224 g/mol. The van der Waals surface area contributed by atoms with Crippen molar-refractivity contribution in [1.82, 2.24) is 10.6 Å². The van der Waals surface area contributed by atoms with Crippen LogP contribution in [0.25, 0.3) is 0 Å². The largest absolute Gasteiger partial charge is 0.316 e. The lowest BCUT2D eigenvalue weighted by Gasteiger charge is -2.35. The highest BCUT2D eigenvalue weighted by Gasteiger charge is 2.41. The highest BCUT2D eigenvalue weighted by Crippen LogP contribution is 2.49. The van der Waals surface area contributed by atoms with Gasteiger partial charge in [0.05, 0.1) is 0 Å². The lowest BCUT2D eigenvalue weighted by molar-refractivity contribution is 0.220. The van der Waals surface area contributed by atoms with Gasteiger partial charge in [0.15, 0.2) is 0 Å². The maximum absolute atomic E-state index is 3.74. The van der Waals surface area contributed by atoms with E-state index in [9.17, 15) is 0 Å². The van der Waals surface area contributed by atoms with Gasteiger partial charge in [-0.1, -0.05) is 20.3 Å². The molecule has 2 N–H and O–H groups in total. The van der Waals surface area contributed by atoms with E-state index in [-0.39, 0.29) is 0 Å². The van der Waals surface area contributed by atoms with Crippen molar-refractivity contribution >= 4 is 0 Å². The Hall–Kier alpha value is -0.0800. The zero-order chi connectivity index (χ0) is 11.5. The van der Waals surface area contributed by atoms with E-state index in [0.717, 1.165) is 0 Å². The van der Waals surface area contributed by atoms with Gasteiger partial charge in [0.2, 0.25) is 0 Å². The normalized spacial score (nSPS) is 32.6. The van der Waals surface area contributed by atoms with E-state index >= 15 is 0 Å². The molecule has 2 rings (SSSR count). The molecule has 0 aromatic carbocycles. The summed E-state index contributed by atoms with van der Waals surface area (Å²) in [4.78, 5) is 0. The van der Waals surface area contributed by atoms with E-state index in [1.54, 1.807) is 0 Å². The first-order valence-electron chi connectivity index (χ1n) is 7.10. The molecule has 2 nitrogen and oxygen atoms in total. The van der Waals surface area contributed by atoms with Crippen LogP contribution in [0.5, 0.6) is 0 Å². The van der Waals surface area contributed by atoms with E-state index < -0.39 is 0 Å². The van der Waals surface area contributed by atoms with Crippen LogP contribution in [0.3, 0.4) is 0 Å². The predicted molar refractivity (Wildman–Crippen MR) is 69.7 cm³/mol. The molecule has 94 valence electrons. The highest BCUT2D eigenvalue weighted by atomic mass is 15.0. The van der Waals surface area contributed by atoms with Crippen LogP contribution in [0.4, 0.5) is 0 Å². The molecule has 2 aliphatic rings. The van der Waals surface area contributed by atoms with Crippen molar-refractivity contribution < 1.29 is 0 Å². The number of rotatable bonds is 6. The summed E-state index contributed by atoms with van der Waals surface area (Å²) in [6.45, 7) is 9.61. The summed E-state index contributed by atoms with van der Waals surface area (Å²) in [5.74, 6) is 0. The van der Waals surface area contributed by atoms with Crippen LogP contribution in [-0.4, -0.2) is 26.2 Å². The number of hydrogen-bond acceptors (Lipinski definition) is 2. The summed E-state index contributed by atoms with van der Waals surface area (Å²) in [7, 11) is 0. The fourth-order valence-corrected chi connectivity index (χ4v) is 3.12. The molecule has 1 unspecified atom stereocenters. The van der Waals surface area contributed by atoms with E-state index in [2.05, 4.69) is 24.5 Å². The van der Waals surface area contributed by atoms with Crippen LogP contribution in [0.15, 0.2) is 0 Å². The van der Waals surface area contributed by atoms with Crippen molar-refractivity contribution in [1.29, 1.82) is 0 Å². The van der Waals surface area contributed by atoms with Gasteiger partial charge >= 0.3 is 0 Å². The molecule has 1 heterocycles. The molecule has 0 radical (unpaired) electrons. The van der Waals surface area contributed by atoms with Crippen LogP contribution in [-0.2, 0) is 0 Å². The summed E-state index contributed by atoms with van der Waals surface area (Å²) in [6.07, 6.45) is 8.42. The molecule has 1 aliphatic heterocycles. The Morgan fingerprint density at radius 3 is 2.56 bits per heavy atom. The lowest BCUT2D eigenvalue weighted by atomic mass is 9.82. The Morgan fingerprint density at radius 1 is 1.19 bits per heavy atom. The van der Waals surface area contributed by atoms with Gasteiger partial charge < -0.3 is 10.6 Å². The molecular weight excluding hydrogens is 196 g/mol. The van der Waals surface area contributed by atoms with E-state index in [1.165, 1.54) is 64.7 Å². The second-order valence-corrected chi connectivity index (χ2v) is 6.44. The SMILES string of the molecule is CCCC1(CNCC2(C)CCCNC2)CC1. The molecule has 2 heteroatoms. The molecule has 1 aliphatic carbocycles. The Balaban J connectivity index is 1.67. The molecule has 0 aromatic heterocycles. The third-order valence-corrected chi connectivity index (χ3v) is 4.47. The Kier molecular flexibility index (Phi) is 3.91. The fourth-order valence-electron chi connectivity index (χ4n) is 3.12. The molecule has 1 atom stereocenters. The van der Waals surface area contributed by atoms with Crippen LogP contribution >= 0.6 is 0 Å². The lowest BCUT2D eigenvalue weighted by Crippen LogP contribution is -2.45. The van der Waals surface area contributed by atoms with Crippen LogP contribution in [0, 0.1) is 10.8 Å². The van der Waals surface area contributed by atoms with E-state index in [4.69, 9.17) is 0 Å². The third-order valence-electron chi connectivity index (χ3n) is 4.47. The Morgan fingerprint density at radius 2 is 2.00 bits per heavy atom. The van der Waals surface area contributed by atoms with Gasteiger partial charge in [-0.05, 0) is 49.5 Å². The molecule has 1 saturated heterocycles. The van der Waals surface area contributed by atoms with E-state index in [0.29, 0.717) is 10.8 Å². The first-order valence-corrected chi connectivity index (χ1v) is 7.10. The van der Waals surface area contributed by atoms with Crippen molar-refractivity contribution in [3.05, 3.63) is 0 Å². The first-order chi connectivity index (χ1) is 7.68. The molecule has 0 bridgehead atoms. The summed E-state index contributed by atoms with van der Waals surface area (Å²) in [5.41, 5.74) is 1.20. The number of piperidine rings is 1. The van der Waals surface area contributed by atoms with Crippen molar-refractivity contribution in [2.75, 3.05) is 26.2 Å². The van der Waals surface area contributed by atoms with E-state index in [1.807, 2.05) is 0 Å². The monoisotopic (exact) mass is 224 g/mol. The fraction of sp³-hybridized carbons (Fsp3) is 1.00. The maximum Gasteiger partial charge on any atom is 0.00176 e. The van der Waals surface area contributed by atoms with Crippen molar-refractivity contribution in [3.8, 4) is 0 Å². The molecule has 1 saturated carbocycles. The van der Waals surface area contributed by atoms with Crippen LogP contribution < -0.4 is 10.6 Å². The topological polar surface area (TPSA) is 24.1 Å². The van der Waals surface area contributed by atoms with Crippen molar-refractivity contribution in [2.45, 2.75) is 52.4 Å². The number of nitrogens with one attached hydrogen (secondary N) is 2. The minimum absolute atomic E-state index is 0.501. The summed E-state index contributed by atoms with van der Waals surface area (Å²) in [5, 5.41) is 7.27. The maximum atomic E-state index is 3.74. The quantitative estimate of drug-likeness (QED) is 0.724. The zero-order valence-corrected chi connectivity index (χ0v) is 11.1. The minimum Gasteiger partial charge on any atom is -0.316 e. The second kappa shape index (κ2) is 5.05. The van der Waals surface area contributed by atoms with Gasteiger partial charge in [-0.3, -0.25) is 0 Å². The summed E-state index contributed by atoms with van der Waals surface area (Å²) < 4.78 is 0. The van der Waals surface area contributed by atoms with Crippen LogP contribution in [0.1, 0.15) is 52.4 Å². The number of hydrogen-bond donors (Lipinski definition) is 2. The third kappa shape index (κ3) is 3.21. The zero-order valence-electron chi connectivity index (χ0n) is 11.1. The summed E-state index contributed by atoms with van der Waals surface area (Å²) in [6, 6.07) is 0. The smallest absolute Gasteiger partial charge is 0.00176 e. The van der Waals surface area contributed by atoms with Gasteiger partial charge in [0.1, 0.15) is 0 Å². The van der Waals surface area contributed by atoms with Gasteiger partial charge in [-0.2, -0.15) is 0 Å². The van der Waals surface area contributed by atoms with Gasteiger partial charge in [-0.15, -0.1) is 0 Å². The van der Waals surface area contributed by atoms with Crippen molar-refractivity contribution in [2.24, 2.45) is 10.8 Å². The summed E-state index contributed by atoms with van der Waals surface area (Å²) >= 11 is 0. The molecule has 16 heavy (non-hydrogen) atoms. The van der Waals surface area contributed by atoms with Gasteiger partial charge in [0, 0.05) is 19.6 Å². The molecule has 0 amide bonds.